The third-order valence-electron chi connectivity index (χ3n) is 3.05. The van der Waals surface area contributed by atoms with E-state index in [1.165, 1.54) is 13.2 Å². The summed E-state index contributed by atoms with van der Waals surface area (Å²) in [5.41, 5.74) is -0.625. The summed E-state index contributed by atoms with van der Waals surface area (Å²) >= 11 is 0. The van der Waals surface area contributed by atoms with Crippen molar-refractivity contribution >= 4 is 11.5 Å². The molecule has 21 heavy (non-hydrogen) atoms. The van der Waals surface area contributed by atoms with Crippen LogP contribution in [0.3, 0.4) is 0 Å². The van der Waals surface area contributed by atoms with Gasteiger partial charge in [-0.2, -0.15) is 4.39 Å². The molecule has 8 heteroatoms. The highest BCUT2D eigenvalue weighted by molar-refractivity contribution is 5.90. The van der Waals surface area contributed by atoms with Crippen molar-refractivity contribution in [3.05, 3.63) is 34.1 Å². The Hall–Kier alpha value is -2.06. The molecule has 1 saturated carbocycles. The number of ether oxygens (including phenoxy) is 3. The van der Waals surface area contributed by atoms with Crippen LogP contribution in [0.1, 0.15) is 6.42 Å². The van der Waals surface area contributed by atoms with Gasteiger partial charge in [0.05, 0.1) is 18.1 Å². The fourth-order valence-electron chi connectivity index (χ4n) is 1.91. The first-order valence-corrected chi connectivity index (χ1v) is 6.26. The molecule has 7 nitrogen and oxygen atoms in total. The minimum absolute atomic E-state index is 0.0986. The second kappa shape index (κ2) is 6.59. The van der Waals surface area contributed by atoms with E-state index in [0.29, 0.717) is 6.61 Å². The van der Waals surface area contributed by atoms with Gasteiger partial charge in [0.2, 0.25) is 5.82 Å². The summed E-state index contributed by atoms with van der Waals surface area (Å²) in [4.78, 5) is 21.1. The normalized spacial score (nSPS) is 21.0. The molecule has 0 radical (unpaired) electrons. The third kappa shape index (κ3) is 3.53. The standard InChI is InChI=1S/C13H14FNO6/c1-19-4-5-20-13-11(16)7-12(13)21-8-2-3-10(15(17)18)9(14)6-8/h2-3,6,12-13H,4-5,7H2,1H3. The van der Waals surface area contributed by atoms with Crippen LogP contribution >= 0.6 is 0 Å². The number of methoxy groups -OCH3 is 1. The van der Waals surface area contributed by atoms with Crippen LogP contribution in [0, 0.1) is 15.9 Å². The molecular formula is C13H14FNO6. The van der Waals surface area contributed by atoms with Gasteiger partial charge in [-0.3, -0.25) is 14.9 Å². The van der Waals surface area contributed by atoms with Crippen LogP contribution in [-0.2, 0) is 14.3 Å². The Morgan fingerprint density at radius 1 is 1.43 bits per heavy atom. The Bertz CT molecular complexity index is 549. The van der Waals surface area contributed by atoms with Crippen LogP contribution in [0.2, 0.25) is 0 Å². The molecule has 1 fully saturated rings. The zero-order valence-corrected chi connectivity index (χ0v) is 11.3. The Balaban J connectivity index is 1.96. The lowest BCUT2D eigenvalue weighted by atomic mass is 9.90. The fraction of sp³-hybridized carbons (Fsp3) is 0.462. The van der Waals surface area contributed by atoms with Gasteiger partial charge in [-0.25, -0.2) is 0 Å². The lowest BCUT2D eigenvalue weighted by molar-refractivity contribution is -0.387. The van der Waals surface area contributed by atoms with Crippen LogP contribution in [0.5, 0.6) is 5.75 Å². The Morgan fingerprint density at radius 2 is 2.19 bits per heavy atom. The Kier molecular flexibility index (Phi) is 4.81. The molecule has 0 aliphatic heterocycles. The van der Waals surface area contributed by atoms with Crippen molar-refractivity contribution in [2.75, 3.05) is 20.3 Å². The van der Waals surface area contributed by atoms with E-state index in [4.69, 9.17) is 14.2 Å². The van der Waals surface area contributed by atoms with Crippen LogP contribution in [0.15, 0.2) is 18.2 Å². The summed E-state index contributed by atoms with van der Waals surface area (Å²) in [5.74, 6) is -0.963. The summed E-state index contributed by atoms with van der Waals surface area (Å²) in [6, 6.07) is 3.23. The van der Waals surface area contributed by atoms with Gasteiger partial charge >= 0.3 is 5.69 Å². The van der Waals surface area contributed by atoms with Crippen molar-refractivity contribution < 1.29 is 28.3 Å². The van der Waals surface area contributed by atoms with Crippen LogP contribution in [0.25, 0.3) is 0 Å². The first-order chi connectivity index (χ1) is 10.0. The van der Waals surface area contributed by atoms with E-state index >= 15 is 0 Å². The minimum atomic E-state index is -0.986. The molecule has 0 N–H and O–H groups in total. The van der Waals surface area contributed by atoms with Gasteiger partial charge < -0.3 is 14.2 Å². The first-order valence-electron chi connectivity index (χ1n) is 6.26. The summed E-state index contributed by atoms with van der Waals surface area (Å²) in [6.07, 6.45) is -1.07. The highest BCUT2D eigenvalue weighted by Gasteiger charge is 2.42. The lowest BCUT2D eigenvalue weighted by Gasteiger charge is -2.34. The largest absolute Gasteiger partial charge is 0.487 e. The maximum atomic E-state index is 13.5. The molecule has 2 rings (SSSR count). The lowest BCUT2D eigenvalue weighted by Crippen LogP contribution is -2.52. The number of carbonyl (C=O) groups is 1. The minimum Gasteiger partial charge on any atom is -0.487 e. The van der Waals surface area contributed by atoms with Crippen molar-refractivity contribution in [3.8, 4) is 5.75 Å². The summed E-state index contributed by atoms with van der Waals surface area (Å²) in [5, 5.41) is 10.5. The van der Waals surface area contributed by atoms with E-state index < -0.39 is 28.6 Å². The van der Waals surface area contributed by atoms with Gasteiger partial charge in [-0.1, -0.05) is 0 Å². The van der Waals surface area contributed by atoms with Gasteiger partial charge in [0.15, 0.2) is 11.9 Å². The SMILES string of the molecule is COCCOC1C(=O)CC1Oc1ccc([N+](=O)[O-])c(F)c1. The molecule has 2 unspecified atom stereocenters. The van der Waals surface area contributed by atoms with Crippen molar-refractivity contribution in [1.29, 1.82) is 0 Å². The third-order valence-corrected chi connectivity index (χ3v) is 3.05. The summed E-state index contributed by atoms with van der Waals surface area (Å²) < 4.78 is 29.0. The average molecular weight is 299 g/mol. The smallest absolute Gasteiger partial charge is 0.305 e. The molecule has 1 aliphatic rings. The van der Waals surface area contributed by atoms with Crippen LogP contribution < -0.4 is 4.74 Å². The van der Waals surface area contributed by atoms with E-state index in [0.717, 1.165) is 12.1 Å². The van der Waals surface area contributed by atoms with Crippen LogP contribution in [-0.4, -0.2) is 43.2 Å². The van der Waals surface area contributed by atoms with E-state index in [1.54, 1.807) is 0 Å². The molecule has 1 aromatic carbocycles. The monoisotopic (exact) mass is 299 g/mol. The summed E-state index contributed by atoms with van der Waals surface area (Å²) in [7, 11) is 1.51. The Labute approximate surface area is 119 Å². The molecule has 0 spiro atoms. The summed E-state index contributed by atoms with van der Waals surface area (Å²) in [6.45, 7) is 0.601. The second-order valence-electron chi connectivity index (χ2n) is 4.48. The van der Waals surface area contributed by atoms with E-state index in [-0.39, 0.29) is 24.6 Å². The van der Waals surface area contributed by atoms with Crippen LogP contribution in [0.4, 0.5) is 10.1 Å². The number of nitro groups is 1. The molecule has 2 atom stereocenters. The number of carbonyl (C=O) groups excluding carboxylic acids is 1. The highest BCUT2D eigenvalue weighted by Crippen LogP contribution is 2.28. The number of nitrogens with zero attached hydrogens (tertiary/aromatic N) is 1. The van der Waals surface area contributed by atoms with Crippen molar-refractivity contribution in [3.63, 3.8) is 0 Å². The van der Waals surface area contributed by atoms with E-state index in [2.05, 4.69) is 0 Å². The average Bonchev–Trinajstić information content (AvgIpc) is 2.42. The number of halogens is 1. The maximum absolute atomic E-state index is 13.5. The van der Waals surface area contributed by atoms with Gasteiger partial charge in [0.25, 0.3) is 0 Å². The molecule has 114 valence electrons. The van der Waals surface area contributed by atoms with E-state index in [9.17, 15) is 19.3 Å². The topological polar surface area (TPSA) is 87.9 Å². The predicted octanol–water partition coefficient (Wildman–Crippen LogP) is 1.49. The number of nitro benzene ring substituents is 1. The van der Waals surface area contributed by atoms with E-state index in [1.807, 2.05) is 0 Å². The van der Waals surface area contributed by atoms with Gasteiger partial charge in [-0.15, -0.1) is 0 Å². The maximum Gasteiger partial charge on any atom is 0.305 e. The second-order valence-corrected chi connectivity index (χ2v) is 4.48. The molecular weight excluding hydrogens is 285 g/mol. The first kappa shape index (κ1) is 15.3. The zero-order valence-electron chi connectivity index (χ0n) is 11.3. The van der Waals surface area contributed by atoms with Gasteiger partial charge in [0.1, 0.15) is 11.9 Å². The van der Waals surface area contributed by atoms with Crippen molar-refractivity contribution in [2.45, 2.75) is 18.6 Å². The van der Waals surface area contributed by atoms with Crippen molar-refractivity contribution in [2.24, 2.45) is 0 Å². The quantitative estimate of drug-likeness (QED) is 0.430. The number of ketones is 1. The molecule has 0 heterocycles. The van der Waals surface area contributed by atoms with Crippen molar-refractivity contribution in [1.82, 2.24) is 0 Å². The number of hydrogen-bond acceptors (Lipinski definition) is 6. The predicted molar refractivity (Wildman–Crippen MR) is 68.7 cm³/mol. The molecule has 0 amide bonds. The number of rotatable bonds is 7. The van der Waals surface area contributed by atoms with Gasteiger partial charge in [-0.05, 0) is 6.07 Å². The molecule has 1 aromatic rings. The number of Topliss-reactive ketones (excluding diaryl/α,β-unsaturated/α-hetero) is 1. The molecule has 0 aromatic heterocycles. The number of benzene rings is 1. The fourth-order valence-corrected chi connectivity index (χ4v) is 1.91. The zero-order chi connectivity index (χ0) is 15.4. The molecule has 0 saturated heterocycles. The highest BCUT2D eigenvalue weighted by atomic mass is 19.1. The van der Waals surface area contributed by atoms with Gasteiger partial charge in [0, 0.05) is 25.7 Å². The number of hydrogen-bond donors (Lipinski definition) is 0. The Morgan fingerprint density at radius 3 is 2.76 bits per heavy atom. The molecule has 1 aliphatic carbocycles. The molecule has 0 bridgehead atoms.